The third-order valence-electron chi connectivity index (χ3n) is 4.57. The Balaban J connectivity index is 1.72. The number of methoxy groups -OCH3 is 2. The first-order valence-corrected chi connectivity index (χ1v) is 9.63. The molecule has 1 aliphatic carbocycles. The van der Waals surface area contributed by atoms with Crippen LogP contribution < -0.4 is 14.8 Å². The molecule has 0 saturated heterocycles. The maximum Gasteiger partial charge on any atom is 0.341 e. The second kappa shape index (κ2) is 8.43. The number of ether oxygens (including phenoxy) is 3. The van der Waals surface area contributed by atoms with Gasteiger partial charge in [0.1, 0.15) is 16.5 Å². The van der Waals surface area contributed by atoms with Crippen LogP contribution >= 0.6 is 11.3 Å². The van der Waals surface area contributed by atoms with Crippen LogP contribution in [0.5, 0.6) is 11.5 Å². The number of esters is 1. The van der Waals surface area contributed by atoms with Crippen molar-refractivity contribution in [1.82, 2.24) is 0 Å². The molecule has 3 rings (SSSR count). The molecule has 6 nitrogen and oxygen atoms in total. The topological polar surface area (TPSA) is 73.9 Å². The Kier molecular flexibility index (Phi) is 6.01. The molecule has 2 aromatic rings. The van der Waals surface area contributed by atoms with E-state index in [2.05, 4.69) is 12.2 Å². The number of anilines is 1. The molecule has 0 aliphatic heterocycles. The van der Waals surface area contributed by atoms with E-state index >= 15 is 0 Å². The molecule has 0 spiro atoms. The normalized spacial score (nSPS) is 15.6. The predicted molar refractivity (Wildman–Crippen MR) is 104 cm³/mol. The fraction of sp³-hybridized carbons (Fsp3) is 0.400. The van der Waals surface area contributed by atoms with Gasteiger partial charge in [0.05, 0.1) is 19.8 Å². The summed E-state index contributed by atoms with van der Waals surface area (Å²) in [7, 11) is 2.93. The van der Waals surface area contributed by atoms with Crippen LogP contribution in [-0.4, -0.2) is 32.7 Å². The molecule has 1 atom stereocenters. The first kappa shape index (κ1) is 19.2. The Morgan fingerprint density at radius 3 is 2.78 bits per heavy atom. The van der Waals surface area contributed by atoms with E-state index in [0.717, 1.165) is 29.7 Å². The molecule has 0 fully saturated rings. The van der Waals surface area contributed by atoms with Crippen LogP contribution in [0.15, 0.2) is 24.3 Å². The number of benzene rings is 1. The van der Waals surface area contributed by atoms with Crippen molar-refractivity contribution >= 4 is 28.2 Å². The van der Waals surface area contributed by atoms with Gasteiger partial charge in [0.2, 0.25) is 0 Å². The van der Waals surface area contributed by atoms with E-state index in [9.17, 15) is 9.59 Å². The number of carbonyl (C=O) groups is 2. The summed E-state index contributed by atoms with van der Waals surface area (Å²) in [5.74, 6) is 1.03. The van der Waals surface area contributed by atoms with Crippen LogP contribution in [0.25, 0.3) is 0 Å². The SMILES string of the molecule is COC(=O)c1c(NC(=O)COc2cccc(OC)c2)sc2c1CCC(C)C2. The third kappa shape index (κ3) is 4.42. The van der Waals surface area contributed by atoms with Gasteiger partial charge in [0, 0.05) is 10.9 Å². The van der Waals surface area contributed by atoms with Gasteiger partial charge in [-0.1, -0.05) is 13.0 Å². The van der Waals surface area contributed by atoms with Gasteiger partial charge >= 0.3 is 5.97 Å². The number of carbonyl (C=O) groups excluding carboxylic acids is 2. The monoisotopic (exact) mass is 389 g/mol. The van der Waals surface area contributed by atoms with Gasteiger partial charge in [-0.25, -0.2) is 4.79 Å². The predicted octanol–water partition coefficient (Wildman–Crippen LogP) is 3.69. The average molecular weight is 389 g/mol. The van der Waals surface area contributed by atoms with Crippen LogP contribution in [0.2, 0.25) is 0 Å². The zero-order valence-corrected chi connectivity index (χ0v) is 16.5. The average Bonchev–Trinajstić information content (AvgIpc) is 3.02. The number of fused-ring (bicyclic) bond motifs is 1. The van der Waals surface area contributed by atoms with Crippen molar-refractivity contribution in [2.24, 2.45) is 5.92 Å². The zero-order valence-electron chi connectivity index (χ0n) is 15.7. The van der Waals surface area contributed by atoms with Crippen molar-refractivity contribution in [3.63, 3.8) is 0 Å². The minimum Gasteiger partial charge on any atom is -0.497 e. The van der Waals surface area contributed by atoms with Crippen LogP contribution in [0, 0.1) is 5.92 Å². The zero-order chi connectivity index (χ0) is 19.4. The van der Waals surface area contributed by atoms with Gasteiger partial charge in [-0.3, -0.25) is 4.79 Å². The molecule has 0 bridgehead atoms. The summed E-state index contributed by atoms with van der Waals surface area (Å²) in [6, 6.07) is 7.04. The summed E-state index contributed by atoms with van der Waals surface area (Å²) in [5.41, 5.74) is 1.49. The summed E-state index contributed by atoms with van der Waals surface area (Å²) in [5, 5.41) is 3.36. The van der Waals surface area contributed by atoms with E-state index in [-0.39, 0.29) is 12.5 Å². The smallest absolute Gasteiger partial charge is 0.341 e. The fourth-order valence-electron chi connectivity index (χ4n) is 3.16. The summed E-state index contributed by atoms with van der Waals surface area (Å²) < 4.78 is 15.6. The molecule has 27 heavy (non-hydrogen) atoms. The Morgan fingerprint density at radius 2 is 2.04 bits per heavy atom. The summed E-state index contributed by atoms with van der Waals surface area (Å²) in [6.45, 7) is 2.04. The van der Waals surface area contributed by atoms with Gasteiger partial charge in [-0.2, -0.15) is 0 Å². The summed E-state index contributed by atoms with van der Waals surface area (Å²) in [6.07, 6.45) is 2.77. The Morgan fingerprint density at radius 1 is 1.26 bits per heavy atom. The van der Waals surface area contributed by atoms with Gasteiger partial charge in [-0.15, -0.1) is 11.3 Å². The number of amides is 1. The van der Waals surface area contributed by atoms with E-state index in [0.29, 0.717) is 28.0 Å². The Labute approximate surface area is 162 Å². The highest BCUT2D eigenvalue weighted by molar-refractivity contribution is 7.17. The van der Waals surface area contributed by atoms with Crippen LogP contribution in [0.1, 0.15) is 34.1 Å². The molecule has 0 radical (unpaired) electrons. The van der Waals surface area contributed by atoms with Crippen molar-refractivity contribution in [2.75, 3.05) is 26.1 Å². The largest absolute Gasteiger partial charge is 0.497 e. The molecule has 1 heterocycles. The molecule has 1 aromatic carbocycles. The minimum atomic E-state index is -0.411. The lowest BCUT2D eigenvalue weighted by Gasteiger charge is -2.18. The molecule has 7 heteroatoms. The fourth-order valence-corrected chi connectivity index (χ4v) is 4.57. The van der Waals surface area contributed by atoms with Gasteiger partial charge in [-0.05, 0) is 42.9 Å². The number of rotatable bonds is 6. The van der Waals surface area contributed by atoms with E-state index in [1.54, 1.807) is 31.4 Å². The van der Waals surface area contributed by atoms with Crippen molar-refractivity contribution in [2.45, 2.75) is 26.2 Å². The molecule has 144 valence electrons. The lowest BCUT2D eigenvalue weighted by atomic mass is 9.88. The minimum absolute atomic E-state index is 0.160. The third-order valence-corrected chi connectivity index (χ3v) is 5.74. The van der Waals surface area contributed by atoms with E-state index in [1.165, 1.54) is 18.4 Å². The number of thiophene rings is 1. The van der Waals surface area contributed by atoms with Crippen molar-refractivity contribution in [1.29, 1.82) is 0 Å². The first-order valence-electron chi connectivity index (χ1n) is 8.81. The molecule has 1 aliphatic rings. The van der Waals surface area contributed by atoms with Crippen LogP contribution in [0.3, 0.4) is 0 Å². The van der Waals surface area contributed by atoms with Crippen LogP contribution in [0.4, 0.5) is 5.00 Å². The maximum absolute atomic E-state index is 12.4. The Hall–Kier alpha value is -2.54. The number of nitrogens with one attached hydrogen (secondary N) is 1. The maximum atomic E-state index is 12.4. The highest BCUT2D eigenvalue weighted by Gasteiger charge is 2.28. The molecular weight excluding hydrogens is 366 g/mol. The highest BCUT2D eigenvalue weighted by atomic mass is 32.1. The molecule has 1 aromatic heterocycles. The van der Waals surface area contributed by atoms with Crippen molar-refractivity contribution in [3.8, 4) is 11.5 Å². The lowest BCUT2D eigenvalue weighted by molar-refractivity contribution is -0.118. The first-order chi connectivity index (χ1) is 13.0. The molecule has 1 amide bonds. The quantitative estimate of drug-likeness (QED) is 0.763. The number of hydrogen-bond donors (Lipinski definition) is 1. The van der Waals surface area contributed by atoms with E-state index in [4.69, 9.17) is 14.2 Å². The molecule has 1 N–H and O–H groups in total. The lowest BCUT2D eigenvalue weighted by Crippen LogP contribution is -2.21. The summed E-state index contributed by atoms with van der Waals surface area (Å²) >= 11 is 1.46. The second-order valence-corrected chi connectivity index (χ2v) is 7.67. The van der Waals surface area contributed by atoms with Gasteiger partial charge in [0.25, 0.3) is 5.91 Å². The number of hydrogen-bond acceptors (Lipinski definition) is 6. The molecule has 0 saturated carbocycles. The van der Waals surface area contributed by atoms with Crippen molar-refractivity contribution in [3.05, 3.63) is 40.3 Å². The highest BCUT2D eigenvalue weighted by Crippen LogP contribution is 2.40. The van der Waals surface area contributed by atoms with E-state index in [1.807, 2.05) is 0 Å². The van der Waals surface area contributed by atoms with Crippen molar-refractivity contribution < 1.29 is 23.8 Å². The second-order valence-electron chi connectivity index (χ2n) is 6.56. The Bertz CT molecular complexity index is 845. The van der Waals surface area contributed by atoms with Gasteiger partial charge in [0.15, 0.2) is 6.61 Å². The van der Waals surface area contributed by atoms with E-state index < -0.39 is 5.97 Å². The van der Waals surface area contributed by atoms with Gasteiger partial charge < -0.3 is 19.5 Å². The molecule has 1 unspecified atom stereocenters. The van der Waals surface area contributed by atoms with Crippen LogP contribution in [-0.2, 0) is 22.4 Å². The molecular formula is C20H23NO5S. The summed E-state index contributed by atoms with van der Waals surface area (Å²) in [4.78, 5) is 25.8. The standard InChI is InChI=1S/C20H23NO5S/c1-12-7-8-15-16(9-12)27-19(18(15)20(23)25-3)21-17(22)11-26-14-6-4-5-13(10-14)24-2/h4-6,10,12H,7-9,11H2,1-3H3,(H,21,22).